The first-order chi connectivity index (χ1) is 34.7. The van der Waals surface area contributed by atoms with Gasteiger partial charge >= 0.3 is 5.69 Å². The molecule has 1 aromatic heterocycles. The van der Waals surface area contributed by atoms with Crippen LogP contribution in [-0.4, -0.2) is 101 Å². The van der Waals surface area contributed by atoms with Crippen LogP contribution < -0.4 is 20.7 Å². The molecule has 0 radical (unpaired) electrons. The highest BCUT2D eigenvalue weighted by molar-refractivity contribution is 7.44. The second kappa shape index (κ2) is 22.1. The molecule has 5 aromatic carbocycles. The van der Waals surface area contributed by atoms with Crippen LogP contribution in [0.25, 0.3) is 0 Å². The quantitative estimate of drug-likeness (QED) is 0.0466. The summed E-state index contributed by atoms with van der Waals surface area (Å²) in [6.07, 6.45) is -2.24. The summed E-state index contributed by atoms with van der Waals surface area (Å²) in [5, 5.41) is 9.62. The van der Waals surface area contributed by atoms with Gasteiger partial charge in [-0.3, -0.25) is 28.7 Å². The molecule has 0 spiro atoms. The van der Waals surface area contributed by atoms with Gasteiger partial charge in [-0.25, -0.2) is 9.46 Å². The summed E-state index contributed by atoms with van der Waals surface area (Å²) in [5.41, 5.74) is 0.201. The second-order valence-electron chi connectivity index (χ2n) is 17.9. The number of hydrogen-bond donors (Lipinski definition) is 1. The minimum absolute atomic E-state index is 0.0200. The van der Waals surface area contributed by atoms with Crippen LogP contribution in [0.5, 0.6) is 11.5 Å². The number of nitrogens with zero attached hydrogens (tertiary/aromatic N) is 4. The summed E-state index contributed by atoms with van der Waals surface area (Å²) in [6, 6.07) is 37.4. The topological polar surface area (TPSA) is 192 Å². The molecule has 0 bridgehead atoms. The lowest BCUT2D eigenvalue weighted by Gasteiger charge is -2.40. The van der Waals surface area contributed by atoms with E-state index in [0.29, 0.717) is 11.5 Å². The molecule has 372 valence electrons. The Bertz CT molecular complexity index is 3030. The van der Waals surface area contributed by atoms with Crippen molar-refractivity contribution in [3.63, 3.8) is 0 Å². The zero-order valence-corrected chi connectivity index (χ0v) is 41.9. The molecular weight excluding hydrogens is 938 g/mol. The average molecular weight is 994 g/mol. The van der Waals surface area contributed by atoms with Crippen molar-refractivity contribution in [1.29, 1.82) is 5.26 Å². The first-order valence-corrected chi connectivity index (χ1v) is 24.7. The first kappa shape index (κ1) is 51.3. The highest BCUT2D eigenvalue weighted by atomic mass is 31.2. The van der Waals surface area contributed by atoms with Gasteiger partial charge in [-0.05, 0) is 86.8 Å². The summed E-state index contributed by atoms with van der Waals surface area (Å²) in [7, 11) is 2.66. The summed E-state index contributed by atoms with van der Waals surface area (Å²) < 4.78 is 42.5. The normalized spacial score (nSPS) is 17.9. The molecule has 2 aliphatic rings. The van der Waals surface area contributed by atoms with Gasteiger partial charge in [0.2, 0.25) is 0 Å². The Morgan fingerprint density at radius 3 is 1.88 bits per heavy atom. The number of carbonyl (C=O) groups is 3. The number of nitrogens with one attached hydrogen (secondary N) is 1. The number of aromatic amines is 1. The minimum Gasteiger partial charge on any atom is -0.497 e. The Morgan fingerprint density at radius 2 is 1.32 bits per heavy atom. The van der Waals surface area contributed by atoms with Gasteiger partial charge in [-0.1, -0.05) is 78.9 Å². The number of amides is 1. The Hall–Kier alpha value is -7.09. The number of hydrogen-bond acceptors (Lipinski definition) is 13. The highest BCUT2D eigenvalue weighted by Gasteiger charge is 2.53. The highest BCUT2D eigenvalue weighted by Crippen LogP contribution is 2.51. The standard InChI is InChI=1S/C55H56N5O11P/c1-34(2)60(35(3)4)72(69-31-13-29-56)71-51-46(33-68-55(37-14-9-8-10-15-37,38-19-23-40(66-6)24-20-38)39-21-25-41(67-7)26-22-39)70-53(59-30-28-47(61)57-54(59)65)48(51)58(5)52(64)36-18-27-44-45(32-36)50(63)43-17-12-11-16-42(43)49(44)62/h8-12,14-28,30,32,34-35,46,48,51,53H,13,31,33H2,1-7H3,(H,57,61,65)/t46-,48-,51-,53-,72?/m1/s1. The van der Waals surface area contributed by atoms with Gasteiger partial charge in [0.05, 0.1) is 39.9 Å². The molecule has 16 nitrogen and oxygen atoms in total. The van der Waals surface area contributed by atoms with Gasteiger partial charge < -0.3 is 32.9 Å². The number of H-pyrrole nitrogens is 1. The Kier molecular flexibility index (Phi) is 15.8. The fourth-order valence-electron chi connectivity index (χ4n) is 9.50. The molecule has 1 amide bonds. The second-order valence-corrected chi connectivity index (χ2v) is 19.3. The third-order valence-electron chi connectivity index (χ3n) is 12.9. The van der Waals surface area contributed by atoms with Crippen molar-refractivity contribution in [2.24, 2.45) is 0 Å². The zero-order valence-electron chi connectivity index (χ0n) is 41.0. The van der Waals surface area contributed by atoms with Gasteiger partial charge in [0.1, 0.15) is 35.3 Å². The smallest absolute Gasteiger partial charge is 0.330 e. The number of nitriles is 1. The summed E-state index contributed by atoms with van der Waals surface area (Å²) in [4.78, 5) is 73.0. The van der Waals surface area contributed by atoms with Crippen LogP contribution >= 0.6 is 8.53 Å². The van der Waals surface area contributed by atoms with Crippen LogP contribution in [-0.2, 0) is 24.1 Å². The van der Waals surface area contributed by atoms with E-state index < -0.39 is 61.5 Å². The predicted molar refractivity (Wildman–Crippen MR) is 269 cm³/mol. The van der Waals surface area contributed by atoms with Gasteiger partial charge in [0.25, 0.3) is 20.0 Å². The molecule has 2 heterocycles. The van der Waals surface area contributed by atoms with E-state index in [2.05, 4.69) is 11.1 Å². The Labute approximate surface area is 418 Å². The van der Waals surface area contributed by atoms with E-state index in [1.807, 2.05) is 111 Å². The van der Waals surface area contributed by atoms with Crippen LogP contribution in [0.3, 0.4) is 0 Å². The van der Waals surface area contributed by atoms with Gasteiger partial charge in [-0.2, -0.15) is 5.26 Å². The number of ether oxygens (including phenoxy) is 4. The van der Waals surface area contributed by atoms with Crippen LogP contribution in [0.2, 0.25) is 0 Å². The summed E-state index contributed by atoms with van der Waals surface area (Å²) in [6.45, 7) is 7.76. The maximum Gasteiger partial charge on any atom is 0.330 e. The number of benzene rings is 5. The van der Waals surface area contributed by atoms with E-state index in [-0.39, 0.29) is 65.3 Å². The molecule has 1 saturated heterocycles. The summed E-state index contributed by atoms with van der Waals surface area (Å²) >= 11 is 0. The molecular formula is C55H56N5O11P. The molecule has 1 aliphatic heterocycles. The molecule has 1 N–H and O–H groups in total. The fraction of sp³-hybridized carbons (Fsp3) is 0.309. The van der Waals surface area contributed by atoms with Crippen LogP contribution in [0.1, 0.15) is 99.2 Å². The van der Waals surface area contributed by atoms with E-state index in [1.165, 1.54) is 47.0 Å². The van der Waals surface area contributed by atoms with Crippen LogP contribution in [0, 0.1) is 11.3 Å². The lowest BCUT2D eigenvalue weighted by Crippen LogP contribution is -2.51. The van der Waals surface area contributed by atoms with Crippen molar-refractivity contribution in [2.45, 2.75) is 76.3 Å². The van der Waals surface area contributed by atoms with Crippen molar-refractivity contribution in [3.8, 4) is 17.6 Å². The number of methoxy groups -OCH3 is 2. The number of likely N-dealkylation sites (N-methyl/N-ethyl adjacent to an activating group) is 1. The number of rotatable bonds is 19. The Morgan fingerprint density at radius 1 is 0.764 bits per heavy atom. The maximum atomic E-state index is 15.2. The van der Waals surface area contributed by atoms with Crippen molar-refractivity contribution in [3.05, 3.63) is 199 Å². The monoisotopic (exact) mass is 993 g/mol. The minimum atomic E-state index is -2.05. The van der Waals surface area contributed by atoms with Crippen molar-refractivity contribution >= 4 is 26.0 Å². The molecule has 8 rings (SSSR count). The maximum absolute atomic E-state index is 15.2. The predicted octanol–water partition coefficient (Wildman–Crippen LogP) is 8.04. The van der Waals surface area contributed by atoms with Gasteiger partial charge in [0, 0.05) is 59.2 Å². The average Bonchev–Trinajstić information content (AvgIpc) is 3.74. The van der Waals surface area contributed by atoms with E-state index in [1.54, 1.807) is 38.5 Å². The fourth-order valence-corrected chi connectivity index (χ4v) is 11.3. The molecule has 5 atom stereocenters. The van der Waals surface area contributed by atoms with Gasteiger partial charge in [-0.15, -0.1) is 0 Å². The van der Waals surface area contributed by atoms with Gasteiger partial charge in [0.15, 0.2) is 17.8 Å². The third-order valence-corrected chi connectivity index (χ3v) is 15.0. The third kappa shape index (κ3) is 10.0. The molecule has 0 saturated carbocycles. The van der Waals surface area contributed by atoms with Crippen molar-refractivity contribution < 1.29 is 42.4 Å². The summed E-state index contributed by atoms with van der Waals surface area (Å²) in [5.74, 6) is -0.103. The molecule has 72 heavy (non-hydrogen) atoms. The number of carbonyl (C=O) groups excluding carboxylic acids is 3. The van der Waals surface area contributed by atoms with E-state index in [0.717, 1.165) is 16.7 Å². The van der Waals surface area contributed by atoms with E-state index >= 15 is 4.79 Å². The number of aromatic nitrogens is 2. The van der Waals surface area contributed by atoms with Crippen molar-refractivity contribution in [1.82, 2.24) is 19.1 Å². The lowest BCUT2D eigenvalue weighted by atomic mass is 9.80. The SMILES string of the molecule is COc1ccc(C(OC[C@H]2O[C@@H](n3ccc(=O)[nH]c3=O)[C@H](N(C)C(=O)c3ccc4c(c3)C(=O)c3ccccc3C4=O)[C@@H]2OP(OCCC#N)N(C(C)C)C(C)C)(c2ccccc2)c2ccc(OC)cc2)cc1. The van der Waals surface area contributed by atoms with E-state index in [4.69, 9.17) is 28.0 Å². The molecule has 1 fully saturated rings. The van der Waals surface area contributed by atoms with Crippen LogP contribution in [0.4, 0.5) is 0 Å². The first-order valence-electron chi connectivity index (χ1n) is 23.5. The van der Waals surface area contributed by atoms with E-state index in [9.17, 15) is 24.4 Å². The molecule has 1 unspecified atom stereocenters. The lowest BCUT2D eigenvalue weighted by molar-refractivity contribution is -0.0933. The molecule has 6 aromatic rings. The van der Waals surface area contributed by atoms with Crippen LogP contribution in [0.15, 0.2) is 143 Å². The zero-order chi connectivity index (χ0) is 51.3. The molecule has 17 heteroatoms. The number of ketones is 2. The van der Waals surface area contributed by atoms with Crippen molar-refractivity contribution in [2.75, 3.05) is 34.5 Å². The number of fused-ring (bicyclic) bond motifs is 2. The largest absolute Gasteiger partial charge is 0.497 e. The molecule has 1 aliphatic carbocycles. The Balaban J connectivity index is 1.29.